The molecule has 0 saturated carbocycles. The van der Waals surface area contributed by atoms with Crippen LogP contribution in [-0.4, -0.2) is 24.5 Å². The van der Waals surface area contributed by atoms with E-state index in [0.29, 0.717) is 35.2 Å². The molecular formula is C30H25NO8Y-4. The van der Waals surface area contributed by atoms with Gasteiger partial charge in [0.1, 0.15) is 34.5 Å². The first kappa shape index (κ1) is 33.8. The Bertz CT molecular complexity index is 1250. The molecule has 0 spiro atoms. The number of hydrogen-bond acceptors (Lipinski definition) is 7. The van der Waals surface area contributed by atoms with E-state index >= 15 is 0 Å². The van der Waals surface area contributed by atoms with Crippen molar-refractivity contribution in [2.75, 3.05) is 5.32 Å². The molecule has 4 aromatic carbocycles. The second-order valence-electron chi connectivity index (χ2n) is 7.64. The van der Waals surface area contributed by atoms with Crippen molar-refractivity contribution in [2.45, 2.75) is 13.8 Å². The number of aliphatic hydroxyl groups excluding tert-OH is 1. The molecule has 1 amide bonds. The third kappa shape index (κ3) is 12.6. The largest absolute Gasteiger partial charge is 0.816 e. The molecule has 1 radical (unpaired) electrons. The molecule has 0 fully saturated rings. The summed E-state index contributed by atoms with van der Waals surface area (Å²) in [7, 11) is 2.68. The van der Waals surface area contributed by atoms with Gasteiger partial charge in [-0.1, -0.05) is 41.9 Å². The fraction of sp³-hybridized carbons (Fsp3) is 0.0667. The van der Waals surface area contributed by atoms with Gasteiger partial charge in [-0.3, -0.25) is 0 Å². The average Bonchev–Trinajstić information content (AvgIpc) is 2.93. The minimum Gasteiger partial charge on any atom is -0.816 e. The van der Waals surface area contributed by atoms with Gasteiger partial charge in [-0.05, 0) is 50.2 Å². The number of amides is 1. The molecule has 0 aliphatic rings. The Kier molecular flexibility index (Phi) is 16.0. The SMILES string of the molecule is Cc1ccc(Oc2cc(Oc3ccc(C)cc3)cc(Oc3ccc(N[C-]=O)cc3)c2)cc1.O=[C-]O.[CH2-]O[C-]=O.[Y]. The van der Waals surface area contributed by atoms with Gasteiger partial charge in [0.2, 0.25) is 0 Å². The first-order chi connectivity index (χ1) is 18.9. The van der Waals surface area contributed by atoms with Gasteiger partial charge in [-0.15, -0.1) is 24.3 Å². The van der Waals surface area contributed by atoms with E-state index in [1.54, 1.807) is 42.8 Å². The molecule has 0 unspecified atom stereocenters. The Morgan fingerprint density at radius 2 is 0.925 bits per heavy atom. The topological polar surface area (TPSA) is 120 Å². The fourth-order valence-corrected chi connectivity index (χ4v) is 3.01. The van der Waals surface area contributed by atoms with Gasteiger partial charge in [-0.25, -0.2) is 7.11 Å². The first-order valence-corrected chi connectivity index (χ1v) is 11.2. The van der Waals surface area contributed by atoms with Crippen molar-refractivity contribution in [3.05, 3.63) is 109 Å². The third-order valence-electron chi connectivity index (χ3n) is 4.71. The maximum absolute atomic E-state index is 10.5. The summed E-state index contributed by atoms with van der Waals surface area (Å²) in [6.45, 7) is 5.62. The van der Waals surface area contributed by atoms with Crippen molar-refractivity contribution in [3.8, 4) is 34.5 Å². The normalized spacial score (nSPS) is 9.07. The van der Waals surface area contributed by atoms with Crippen molar-refractivity contribution in [2.24, 2.45) is 0 Å². The Hall–Kier alpha value is -4.21. The zero-order valence-electron chi connectivity index (χ0n) is 21.7. The average molecular weight is 616 g/mol. The van der Waals surface area contributed by atoms with E-state index in [0.717, 1.165) is 29.1 Å². The number of benzene rings is 4. The van der Waals surface area contributed by atoms with Crippen LogP contribution in [0.1, 0.15) is 11.1 Å². The van der Waals surface area contributed by atoms with Crippen LogP contribution in [0, 0.1) is 21.0 Å². The number of nitrogens with one attached hydrogen (secondary N) is 1. The number of anilines is 1. The standard InChI is InChI=1S/C27H22NO4.C2H2O2.CHO2.Y/c1-19-3-9-22(10-4-19)30-25-15-26(31-23-11-5-20(2)6-12-23)17-27(16-25)32-24-13-7-21(8-14-24)28-18-29;1-4-2-3;2-1-3;/h3-17H,1-2H3,(H,28,29);1H2;(H,2,3);/q-1;-2;-1;. The summed E-state index contributed by atoms with van der Waals surface area (Å²) in [6.07, 6.45) is 1.65. The Balaban J connectivity index is 0.000000902. The van der Waals surface area contributed by atoms with Crippen LogP contribution in [0.4, 0.5) is 5.69 Å². The summed E-state index contributed by atoms with van der Waals surface area (Å²) in [6, 6.07) is 28.0. The van der Waals surface area contributed by atoms with E-state index < -0.39 is 0 Å². The summed E-state index contributed by atoms with van der Waals surface area (Å²) < 4.78 is 21.6. The molecule has 0 aliphatic heterocycles. The van der Waals surface area contributed by atoms with Crippen LogP contribution in [-0.2, 0) is 51.8 Å². The first-order valence-electron chi connectivity index (χ1n) is 11.2. The maximum Gasteiger partial charge on any atom is 0.134 e. The summed E-state index contributed by atoms with van der Waals surface area (Å²) in [4.78, 5) is 27.5. The molecule has 2 N–H and O–H groups in total. The van der Waals surface area contributed by atoms with E-state index in [4.69, 9.17) is 28.9 Å². The van der Waals surface area contributed by atoms with Crippen molar-refractivity contribution >= 4 is 25.0 Å². The molecule has 10 heteroatoms. The number of ether oxygens (including phenoxy) is 4. The smallest absolute Gasteiger partial charge is 0.134 e. The molecule has 0 saturated heterocycles. The van der Waals surface area contributed by atoms with Crippen LogP contribution in [0.25, 0.3) is 0 Å². The van der Waals surface area contributed by atoms with Crippen LogP contribution in [0.5, 0.6) is 34.5 Å². The van der Waals surface area contributed by atoms with Crippen molar-refractivity contribution in [3.63, 3.8) is 0 Å². The molecule has 4 aromatic rings. The molecule has 0 aromatic heterocycles. The molecule has 0 bridgehead atoms. The second kappa shape index (κ2) is 18.9. The Morgan fingerprint density at radius 3 is 1.20 bits per heavy atom. The number of carbonyl (C=O) groups excluding carboxylic acids is 2. The molecule has 0 heterocycles. The minimum absolute atomic E-state index is 0. The quantitative estimate of drug-likeness (QED) is 0.159. The van der Waals surface area contributed by atoms with Gasteiger partial charge in [0, 0.05) is 50.9 Å². The predicted octanol–water partition coefficient (Wildman–Crippen LogP) is 6.63. The van der Waals surface area contributed by atoms with Gasteiger partial charge in [0.25, 0.3) is 0 Å². The van der Waals surface area contributed by atoms with Gasteiger partial charge in [0.15, 0.2) is 0 Å². The molecule has 0 atom stereocenters. The van der Waals surface area contributed by atoms with Crippen LogP contribution in [0.3, 0.4) is 0 Å². The van der Waals surface area contributed by atoms with E-state index in [9.17, 15) is 4.79 Å². The van der Waals surface area contributed by atoms with Crippen molar-refractivity contribution < 1.29 is 71.1 Å². The fourth-order valence-electron chi connectivity index (χ4n) is 3.01. The van der Waals surface area contributed by atoms with Crippen LogP contribution in [0.15, 0.2) is 91.0 Å². The van der Waals surface area contributed by atoms with Gasteiger partial charge >= 0.3 is 0 Å². The summed E-state index contributed by atoms with van der Waals surface area (Å²) in [5, 5.41) is 9.24. The third-order valence-corrected chi connectivity index (χ3v) is 4.71. The molecule has 40 heavy (non-hydrogen) atoms. The van der Waals surface area contributed by atoms with E-state index in [1.807, 2.05) is 68.4 Å². The number of aryl methyl sites for hydroxylation is 2. The molecular weight excluding hydrogens is 591 g/mol. The van der Waals surface area contributed by atoms with Crippen molar-refractivity contribution in [1.29, 1.82) is 0 Å². The summed E-state index contributed by atoms with van der Waals surface area (Å²) in [5.74, 6) is 3.77. The summed E-state index contributed by atoms with van der Waals surface area (Å²) >= 11 is 0. The molecule has 205 valence electrons. The van der Waals surface area contributed by atoms with Gasteiger partial charge < -0.3 is 43.8 Å². The monoisotopic (exact) mass is 616 g/mol. The van der Waals surface area contributed by atoms with E-state index in [2.05, 4.69) is 17.2 Å². The van der Waals surface area contributed by atoms with E-state index in [1.165, 1.54) is 0 Å². The van der Waals surface area contributed by atoms with Crippen LogP contribution in [0.2, 0.25) is 0 Å². The summed E-state index contributed by atoms with van der Waals surface area (Å²) in [5.41, 5.74) is 2.94. The minimum atomic E-state index is 0. The molecule has 4 rings (SSSR count). The van der Waals surface area contributed by atoms with Crippen LogP contribution >= 0.6 is 0 Å². The van der Waals surface area contributed by atoms with Crippen LogP contribution < -0.4 is 19.5 Å². The zero-order valence-corrected chi connectivity index (χ0v) is 24.6. The van der Waals surface area contributed by atoms with Gasteiger partial charge in [-0.2, -0.15) is 0 Å². The number of hydrogen-bond donors (Lipinski definition) is 2. The van der Waals surface area contributed by atoms with E-state index in [-0.39, 0.29) is 32.7 Å². The zero-order chi connectivity index (χ0) is 28.5. The molecule has 9 nitrogen and oxygen atoms in total. The predicted molar refractivity (Wildman–Crippen MR) is 145 cm³/mol. The van der Waals surface area contributed by atoms with Crippen molar-refractivity contribution in [1.82, 2.24) is 0 Å². The second-order valence-corrected chi connectivity index (χ2v) is 7.64. The van der Waals surface area contributed by atoms with Gasteiger partial charge in [0.05, 0.1) is 6.41 Å². The number of rotatable bonds is 9. The Morgan fingerprint density at radius 1 is 0.625 bits per heavy atom. The Labute approximate surface area is 257 Å². The molecule has 0 aliphatic carbocycles. The maximum atomic E-state index is 10.5.